The van der Waals surface area contributed by atoms with E-state index in [0.717, 1.165) is 12.3 Å². The Kier molecular flexibility index (Phi) is 5.13. The second-order valence-corrected chi connectivity index (χ2v) is 5.96. The van der Waals surface area contributed by atoms with Crippen LogP contribution in [-0.4, -0.2) is 13.1 Å². The molecular weight excluding hydrogens is 258 g/mol. The molecule has 1 nitrogen and oxygen atoms in total. The fourth-order valence-electron chi connectivity index (χ4n) is 1.58. The topological polar surface area (TPSA) is 12.0 Å². The van der Waals surface area contributed by atoms with Crippen molar-refractivity contribution in [3.8, 4) is 0 Å². The molecule has 1 heterocycles. The normalized spacial score (nSPS) is 13.5. The Hall–Kier alpha value is 0.140. The van der Waals surface area contributed by atoms with Crippen LogP contribution in [-0.2, 0) is 6.42 Å². The summed E-state index contributed by atoms with van der Waals surface area (Å²) in [6, 6.07) is 2.83. The Morgan fingerprint density at radius 3 is 2.64 bits per heavy atom. The van der Waals surface area contributed by atoms with E-state index in [1.54, 1.807) is 0 Å². The predicted molar refractivity (Wildman–Crippen MR) is 68.0 cm³/mol. The summed E-state index contributed by atoms with van der Waals surface area (Å²) in [5, 5.41) is 5.53. The van der Waals surface area contributed by atoms with E-state index in [1.165, 1.54) is 15.8 Å². The molecule has 0 saturated heterocycles. The van der Waals surface area contributed by atoms with Gasteiger partial charge in [0.05, 0.1) is 0 Å². The first-order valence-corrected chi connectivity index (χ1v) is 6.69. The number of likely N-dealkylation sites (N-methyl/N-ethyl adjacent to an activating group) is 1. The molecule has 0 aliphatic carbocycles. The van der Waals surface area contributed by atoms with Crippen LogP contribution in [0.2, 0.25) is 0 Å². The highest BCUT2D eigenvalue weighted by Gasteiger charge is 2.10. The molecule has 1 aromatic heterocycles. The minimum atomic E-state index is 0.612. The second-order valence-electron chi connectivity index (χ2n) is 4.05. The largest absolute Gasteiger partial charge is 0.317 e. The first-order valence-electron chi connectivity index (χ1n) is 5.02. The summed E-state index contributed by atoms with van der Waals surface area (Å²) >= 11 is 5.32. The smallest absolute Gasteiger partial charge is 0.0285 e. The van der Waals surface area contributed by atoms with Crippen LogP contribution in [0.5, 0.6) is 0 Å². The van der Waals surface area contributed by atoms with Crippen LogP contribution in [0.15, 0.2) is 15.9 Å². The molecule has 0 aromatic carbocycles. The van der Waals surface area contributed by atoms with Crippen molar-refractivity contribution >= 4 is 27.3 Å². The zero-order valence-corrected chi connectivity index (χ0v) is 11.4. The summed E-state index contributed by atoms with van der Waals surface area (Å²) in [6.07, 6.45) is 2.39. The molecule has 0 aliphatic heterocycles. The van der Waals surface area contributed by atoms with Gasteiger partial charge in [-0.15, -0.1) is 11.3 Å². The maximum Gasteiger partial charge on any atom is 0.0285 e. The molecule has 1 N–H and O–H groups in total. The first kappa shape index (κ1) is 12.2. The molecule has 3 heteroatoms. The van der Waals surface area contributed by atoms with Gasteiger partial charge in [0.25, 0.3) is 0 Å². The number of rotatable bonds is 5. The van der Waals surface area contributed by atoms with Crippen molar-refractivity contribution in [3.63, 3.8) is 0 Å². The fraction of sp³-hybridized carbons (Fsp3) is 0.636. The molecule has 14 heavy (non-hydrogen) atoms. The summed E-state index contributed by atoms with van der Waals surface area (Å²) in [7, 11) is 2.05. The van der Waals surface area contributed by atoms with E-state index < -0.39 is 0 Å². The van der Waals surface area contributed by atoms with Gasteiger partial charge in [0.2, 0.25) is 0 Å². The zero-order valence-electron chi connectivity index (χ0n) is 9.01. The molecule has 80 valence electrons. The van der Waals surface area contributed by atoms with Crippen LogP contribution >= 0.6 is 27.3 Å². The molecule has 0 spiro atoms. The van der Waals surface area contributed by atoms with E-state index in [4.69, 9.17) is 0 Å². The molecule has 0 radical (unpaired) electrons. The Morgan fingerprint density at radius 2 is 2.21 bits per heavy atom. The standard InChI is InChI=1S/C11H18BrNS/c1-8(2)4-10(13-3)6-11-5-9(12)7-14-11/h5,7-8,10,13H,4,6H2,1-3H3. The highest BCUT2D eigenvalue weighted by atomic mass is 79.9. The summed E-state index contributed by atoms with van der Waals surface area (Å²) < 4.78 is 1.21. The van der Waals surface area contributed by atoms with Gasteiger partial charge in [-0.2, -0.15) is 0 Å². The van der Waals surface area contributed by atoms with Crippen molar-refractivity contribution in [2.24, 2.45) is 5.92 Å². The van der Waals surface area contributed by atoms with Gasteiger partial charge in [-0.05, 0) is 47.8 Å². The summed E-state index contributed by atoms with van der Waals surface area (Å²) in [4.78, 5) is 1.46. The van der Waals surface area contributed by atoms with Crippen molar-refractivity contribution in [1.82, 2.24) is 5.32 Å². The van der Waals surface area contributed by atoms with Crippen LogP contribution in [0.25, 0.3) is 0 Å². The van der Waals surface area contributed by atoms with Crippen molar-refractivity contribution in [3.05, 3.63) is 20.8 Å². The van der Waals surface area contributed by atoms with E-state index in [9.17, 15) is 0 Å². The number of hydrogen-bond acceptors (Lipinski definition) is 2. The van der Waals surface area contributed by atoms with Crippen molar-refractivity contribution in [1.29, 1.82) is 0 Å². The Balaban J connectivity index is 2.48. The maximum atomic E-state index is 3.48. The van der Waals surface area contributed by atoms with Crippen molar-refractivity contribution in [2.75, 3.05) is 7.05 Å². The summed E-state index contributed by atoms with van der Waals surface area (Å²) in [5.74, 6) is 0.760. The molecule has 1 aromatic rings. The average molecular weight is 276 g/mol. The molecule has 0 saturated carbocycles. The second kappa shape index (κ2) is 5.89. The minimum Gasteiger partial charge on any atom is -0.317 e. The van der Waals surface area contributed by atoms with E-state index in [1.807, 2.05) is 11.3 Å². The van der Waals surface area contributed by atoms with E-state index in [2.05, 4.69) is 53.6 Å². The fourth-order valence-corrected chi connectivity index (χ4v) is 3.11. The molecule has 1 unspecified atom stereocenters. The molecule has 1 atom stereocenters. The Bertz CT molecular complexity index is 270. The zero-order chi connectivity index (χ0) is 10.6. The SMILES string of the molecule is CNC(Cc1cc(Br)cs1)CC(C)C. The maximum absolute atomic E-state index is 3.48. The number of hydrogen-bond donors (Lipinski definition) is 1. The lowest BCUT2D eigenvalue weighted by molar-refractivity contribution is 0.443. The third-order valence-electron chi connectivity index (χ3n) is 2.23. The van der Waals surface area contributed by atoms with Gasteiger partial charge >= 0.3 is 0 Å². The minimum absolute atomic E-state index is 0.612. The molecule has 0 amide bonds. The van der Waals surface area contributed by atoms with E-state index >= 15 is 0 Å². The molecular formula is C11H18BrNS. The van der Waals surface area contributed by atoms with Crippen LogP contribution in [0.4, 0.5) is 0 Å². The highest BCUT2D eigenvalue weighted by Crippen LogP contribution is 2.22. The lowest BCUT2D eigenvalue weighted by Crippen LogP contribution is -2.28. The lowest BCUT2D eigenvalue weighted by atomic mass is 10.0. The van der Waals surface area contributed by atoms with Crippen LogP contribution in [0.1, 0.15) is 25.1 Å². The summed E-state index contributed by atoms with van der Waals surface area (Å²) in [5.41, 5.74) is 0. The predicted octanol–water partition coefficient (Wildman–Crippen LogP) is 3.69. The Morgan fingerprint density at radius 1 is 1.50 bits per heavy atom. The van der Waals surface area contributed by atoms with Gasteiger partial charge in [-0.1, -0.05) is 13.8 Å². The quantitative estimate of drug-likeness (QED) is 0.865. The number of thiophene rings is 1. The van der Waals surface area contributed by atoms with Crippen LogP contribution in [0.3, 0.4) is 0 Å². The highest BCUT2D eigenvalue weighted by molar-refractivity contribution is 9.10. The number of nitrogens with one attached hydrogen (secondary N) is 1. The summed E-state index contributed by atoms with van der Waals surface area (Å²) in [6.45, 7) is 4.54. The van der Waals surface area contributed by atoms with Gasteiger partial charge in [0.15, 0.2) is 0 Å². The van der Waals surface area contributed by atoms with Gasteiger partial charge in [0, 0.05) is 20.8 Å². The van der Waals surface area contributed by atoms with Gasteiger partial charge in [-0.25, -0.2) is 0 Å². The third kappa shape index (κ3) is 4.11. The van der Waals surface area contributed by atoms with Gasteiger partial charge < -0.3 is 5.32 Å². The van der Waals surface area contributed by atoms with Gasteiger partial charge in [-0.3, -0.25) is 0 Å². The molecule has 0 aliphatic rings. The lowest BCUT2D eigenvalue weighted by Gasteiger charge is -2.17. The van der Waals surface area contributed by atoms with Crippen LogP contribution < -0.4 is 5.32 Å². The van der Waals surface area contributed by atoms with Crippen LogP contribution in [0, 0.1) is 5.92 Å². The van der Waals surface area contributed by atoms with Gasteiger partial charge in [0.1, 0.15) is 0 Å². The van der Waals surface area contributed by atoms with Crippen molar-refractivity contribution < 1.29 is 0 Å². The molecule has 1 rings (SSSR count). The average Bonchev–Trinajstić information content (AvgIpc) is 2.49. The molecule has 0 fully saturated rings. The number of halogens is 1. The third-order valence-corrected chi connectivity index (χ3v) is 3.95. The van der Waals surface area contributed by atoms with Crippen molar-refractivity contribution in [2.45, 2.75) is 32.7 Å². The first-order chi connectivity index (χ1) is 6.61. The van der Waals surface area contributed by atoms with E-state index in [-0.39, 0.29) is 0 Å². The Labute approximate surface area is 99.0 Å². The van der Waals surface area contributed by atoms with E-state index in [0.29, 0.717) is 6.04 Å². The monoisotopic (exact) mass is 275 g/mol. The molecule has 0 bridgehead atoms.